The molecule has 0 radical (unpaired) electrons. The van der Waals surface area contributed by atoms with Crippen molar-refractivity contribution in [1.82, 2.24) is 10.3 Å². The summed E-state index contributed by atoms with van der Waals surface area (Å²) < 4.78 is 5.62. The number of halogens is 1. The van der Waals surface area contributed by atoms with Gasteiger partial charge < -0.3 is 9.73 Å². The molecule has 2 heterocycles. The van der Waals surface area contributed by atoms with E-state index in [2.05, 4.69) is 10.3 Å². The summed E-state index contributed by atoms with van der Waals surface area (Å²) in [6.45, 7) is 2.39. The van der Waals surface area contributed by atoms with E-state index < -0.39 is 0 Å². The maximum absolute atomic E-state index is 12.2. The zero-order valence-electron chi connectivity index (χ0n) is 11.4. The van der Waals surface area contributed by atoms with Crippen LogP contribution in [-0.4, -0.2) is 17.4 Å². The smallest absolute Gasteiger partial charge is 0.287 e. The molecule has 21 heavy (non-hydrogen) atoms. The third-order valence-corrected chi connectivity index (χ3v) is 4.13. The van der Waals surface area contributed by atoms with Gasteiger partial charge in [-0.15, -0.1) is 11.3 Å². The quantitative estimate of drug-likeness (QED) is 0.795. The number of fused-ring (bicyclic) bond motifs is 1. The van der Waals surface area contributed by atoms with E-state index in [1.54, 1.807) is 29.0 Å². The molecule has 108 valence electrons. The summed E-state index contributed by atoms with van der Waals surface area (Å²) >= 11 is 7.52. The number of benzene rings is 1. The summed E-state index contributed by atoms with van der Waals surface area (Å²) in [4.78, 5) is 16.4. The van der Waals surface area contributed by atoms with Gasteiger partial charge in [-0.25, -0.2) is 4.98 Å². The fraction of sp³-hybridized carbons (Fsp3) is 0.200. The fourth-order valence-corrected chi connectivity index (χ4v) is 2.92. The Morgan fingerprint density at radius 3 is 3.10 bits per heavy atom. The normalized spacial score (nSPS) is 11.0. The molecule has 1 aromatic carbocycles. The SMILES string of the molecule is Cc1c(C(=O)NCCc2cscn2)oc2ccc(Cl)cc12. The molecule has 2 aromatic heterocycles. The molecule has 1 N–H and O–H groups in total. The number of amides is 1. The van der Waals surface area contributed by atoms with Crippen molar-refractivity contribution >= 4 is 39.8 Å². The molecule has 3 rings (SSSR count). The Hall–Kier alpha value is -1.85. The maximum Gasteiger partial charge on any atom is 0.287 e. The van der Waals surface area contributed by atoms with Crippen molar-refractivity contribution in [2.45, 2.75) is 13.3 Å². The van der Waals surface area contributed by atoms with Crippen LogP contribution in [0.2, 0.25) is 5.02 Å². The molecule has 0 atom stereocenters. The summed E-state index contributed by atoms with van der Waals surface area (Å²) in [5, 5.41) is 6.32. The zero-order valence-corrected chi connectivity index (χ0v) is 12.9. The van der Waals surface area contributed by atoms with E-state index in [4.69, 9.17) is 16.0 Å². The predicted molar refractivity (Wildman–Crippen MR) is 84.1 cm³/mol. The van der Waals surface area contributed by atoms with Crippen molar-refractivity contribution in [1.29, 1.82) is 0 Å². The van der Waals surface area contributed by atoms with Crippen LogP contribution in [0, 0.1) is 6.92 Å². The Bertz CT molecular complexity index is 780. The second-order valence-electron chi connectivity index (χ2n) is 4.68. The van der Waals surface area contributed by atoms with Crippen LogP contribution in [0.15, 0.2) is 33.5 Å². The Morgan fingerprint density at radius 1 is 1.48 bits per heavy atom. The number of hydrogen-bond donors (Lipinski definition) is 1. The Kier molecular flexibility index (Phi) is 3.94. The van der Waals surface area contributed by atoms with Crippen LogP contribution in [0.25, 0.3) is 11.0 Å². The average Bonchev–Trinajstić information content (AvgIpc) is 3.08. The number of carbonyl (C=O) groups excluding carboxylic acids is 1. The first-order chi connectivity index (χ1) is 10.1. The molecule has 0 aliphatic carbocycles. The largest absolute Gasteiger partial charge is 0.451 e. The summed E-state index contributed by atoms with van der Waals surface area (Å²) in [5.74, 6) is 0.126. The lowest BCUT2D eigenvalue weighted by molar-refractivity contribution is 0.0927. The highest BCUT2D eigenvalue weighted by Gasteiger charge is 2.17. The molecule has 0 spiro atoms. The Balaban J connectivity index is 1.73. The number of furan rings is 1. The van der Waals surface area contributed by atoms with Gasteiger partial charge in [-0.05, 0) is 25.1 Å². The highest BCUT2D eigenvalue weighted by molar-refractivity contribution is 7.07. The molecule has 6 heteroatoms. The summed E-state index contributed by atoms with van der Waals surface area (Å²) in [7, 11) is 0. The van der Waals surface area contributed by atoms with Crippen LogP contribution in [0.4, 0.5) is 0 Å². The van der Waals surface area contributed by atoms with E-state index in [1.165, 1.54) is 0 Å². The summed E-state index contributed by atoms with van der Waals surface area (Å²) in [6, 6.07) is 5.33. The number of nitrogens with zero attached hydrogens (tertiary/aromatic N) is 1. The number of hydrogen-bond acceptors (Lipinski definition) is 4. The predicted octanol–water partition coefficient (Wildman–Crippen LogP) is 3.82. The van der Waals surface area contributed by atoms with Crippen molar-refractivity contribution in [2.24, 2.45) is 0 Å². The first kappa shape index (κ1) is 14.1. The summed E-state index contributed by atoms with van der Waals surface area (Å²) in [6.07, 6.45) is 0.709. The third kappa shape index (κ3) is 2.94. The first-order valence-corrected chi connectivity index (χ1v) is 7.81. The van der Waals surface area contributed by atoms with Crippen LogP contribution in [-0.2, 0) is 6.42 Å². The van der Waals surface area contributed by atoms with E-state index in [1.807, 2.05) is 18.4 Å². The Morgan fingerprint density at radius 2 is 2.33 bits per heavy atom. The van der Waals surface area contributed by atoms with Crippen LogP contribution >= 0.6 is 22.9 Å². The second-order valence-corrected chi connectivity index (χ2v) is 5.84. The highest BCUT2D eigenvalue weighted by atomic mass is 35.5. The minimum atomic E-state index is -0.213. The molecule has 4 nitrogen and oxygen atoms in total. The van der Waals surface area contributed by atoms with Gasteiger partial charge in [0.05, 0.1) is 11.2 Å². The Labute approximate surface area is 130 Å². The van der Waals surface area contributed by atoms with Gasteiger partial charge in [0, 0.05) is 34.3 Å². The van der Waals surface area contributed by atoms with Gasteiger partial charge in [0.2, 0.25) is 0 Å². The van der Waals surface area contributed by atoms with Gasteiger partial charge in [-0.1, -0.05) is 11.6 Å². The number of aryl methyl sites for hydroxylation is 1. The lowest BCUT2D eigenvalue weighted by Gasteiger charge is -2.02. The molecule has 0 unspecified atom stereocenters. The number of carbonyl (C=O) groups is 1. The molecular weight excluding hydrogens is 308 g/mol. The van der Waals surface area contributed by atoms with Gasteiger partial charge in [0.25, 0.3) is 5.91 Å². The monoisotopic (exact) mass is 320 g/mol. The van der Waals surface area contributed by atoms with E-state index in [9.17, 15) is 4.79 Å². The molecule has 0 bridgehead atoms. The van der Waals surface area contributed by atoms with Crippen molar-refractivity contribution in [3.05, 3.63) is 51.1 Å². The number of aromatic nitrogens is 1. The molecule has 3 aromatic rings. The second kappa shape index (κ2) is 5.87. The van der Waals surface area contributed by atoms with Crippen LogP contribution in [0.3, 0.4) is 0 Å². The molecule has 0 aliphatic rings. The van der Waals surface area contributed by atoms with Crippen molar-refractivity contribution in [3.63, 3.8) is 0 Å². The minimum Gasteiger partial charge on any atom is -0.451 e. The molecule has 0 fully saturated rings. The van der Waals surface area contributed by atoms with E-state index in [0.29, 0.717) is 29.3 Å². The van der Waals surface area contributed by atoms with E-state index in [0.717, 1.165) is 16.6 Å². The minimum absolute atomic E-state index is 0.213. The molecule has 0 saturated heterocycles. The van der Waals surface area contributed by atoms with Crippen LogP contribution in [0.1, 0.15) is 21.8 Å². The van der Waals surface area contributed by atoms with Gasteiger partial charge in [-0.2, -0.15) is 0 Å². The average molecular weight is 321 g/mol. The van der Waals surface area contributed by atoms with Gasteiger partial charge in [0.15, 0.2) is 5.76 Å². The van der Waals surface area contributed by atoms with Crippen LogP contribution < -0.4 is 5.32 Å². The van der Waals surface area contributed by atoms with Crippen molar-refractivity contribution in [2.75, 3.05) is 6.54 Å². The van der Waals surface area contributed by atoms with E-state index >= 15 is 0 Å². The molecular formula is C15H13ClN2O2S. The van der Waals surface area contributed by atoms with Crippen LogP contribution in [0.5, 0.6) is 0 Å². The number of rotatable bonds is 4. The number of thiazole rings is 1. The third-order valence-electron chi connectivity index (χ3n) is 3.25. The fourth-order valence-electron chi connectivity index (χ4n) is 2.16. The topological polar surface area (TPSA) is 55.1 Å². The van der Waals surface area contributed by atoms with E-state index in [-0.39, 0.29) is 5.91 Å². The van der Waals surface area contributed by atoms with Gasteiger partial charge in [-0.3, -0.25) is 4.79 Å². The maximum atomic E-state index is 12.2. The first-order valence-electron chi connectivity index (χ1n) is 6.49. The molecule has 0 saturated carbocycles. The lowest BCUT2D eigenvalue weighted by Crippen LogP contribution is -2.25. The van der Waals surface area contributed by atoms with Crippen molar-refractivity contribution in [3.8, 4) is 0 Å². The van der Waals surface area contributed by atoms with Crippen molar-refractivity contribution < 1.29 is 9.21 Å². The number of nitrogens with one attached hydrogen (secondary N) is 1. The standard InChI is InChI=1S/C15H13ClN2O2S/c1-9-12-6-10(16)2-3-13(12)20-14(9)15(19)17-5-4-11-7-21-8-18-11/h2-3,6-8H,4-5H2,1H3,(H,17,19). The zero-order chi connectivity index (χ0) is 14.8. The molecule has 0 aliphatic heterocycles. The highest BCUT2D eigenvalue weighted by Crippen LogP contribution is 2.27. The van der Waals surface area contributed by atoms with Gasteiger partial charge >= 0.3 is 0 Å². The molecule has 1 amide bonds. The lowest BCUT2D eigenvalue weighted by atomic mass is 10.1. The summed E-state index contributed by atoms with van der Waals surface area (Å²) in [5.41, 5.74) is 4.23. The van der Waals surface area contributed by atoms with Gasteiger partial charge in [0.1, 0.15) is 5.58 Å².